The molecule has 0 aromatic heterocycles. The van der Waals surface area contributed by atoms with Gasteiger partial charge in [0.25, 0.3) is 0 Å². The average molecular weight is 316 g/mol. The number of aliphatic hydroxyl groups is 1. The van der Waals surface area contributed by atoms with E-state index >= 15 is 0 Å². The van der Waals surface area contributed by atoms with Crippen molar-refractivity contribution < 1.29 is 30.3 Å². The van der Waals surface area contributed by atoms with Crippen molar-refractivity contribution in [2.24, 2.45) is 0 Å². The molecule has 2 atom stereocenters. The first kappa shape index (κ1) is 15.1. The van der Waals surface area contributed by atoms with Gasteiger partial charge in [-0.15, -0.1) is 0 Å². The Bertz CT molecular complexity index is 783. The van der Waals surface area contributed by atoms with Crippen molar-refractivity contribution in [1.82, 2.24) is 0 Å². The van der Waals surface area contributed by atoms with Crippen molar-refractivity contribution in [2.75, 3.05) is 0 Å². The number of phenolic OH excluding ortho intramolecular Hbond substituents is 4. The number of hydrogen-bond donors (Lipinski definition) is 5. The molecular weight excluding hydrogens is 300 g/mol. The van der Waals surface area contributed by atoms with Crippen molar-refractivity contribution in [2.45, 2.75) is 18.6 Å². The Hall–Kier alpha value is -2.86. The van der Waals surface area contributed by atoms with Crippen molar-refractivity contribution in [3.63, 3.8) is 0 Å². The smallest absolute Gasteiger partial charge is 0.157 e. The summed E-state index contributed by atoms with van der Waals surface area (Å²) >= 11 is 0. The van der Waals surface area contributed by atoms with Gasteiger partial charge in [-0.05, 0) is 17.7 Å². The van der Waals surface area contributed by atoms with Gasteiger partial charge in [-0.1, -0.05) is 18.7 Å². The first-order valence-electron chi connectivity index (χ1n) is 6.99. The van der Waals surface area contributed by atoms with Crippen LogP contribution in [0.15, 0.2) is 30.8 Å². The van der Waals surface area contributed by atoms with E-state index in [0.29, 0.717) is 16.7 Å². The molecule has 6 heteroatoms. The molecule has 0 saturated heterocycles. The molecule has 1 heterocycles. The molecule has 0 amide bonds. The van der Waals surface area contributed by atoms with Crippen molar-refractivity contribution in [3.8, 4) is 28.7 Å². The van der Waals surface area contributed by atoms with Crippen molar-refractivity contribution in [1.29, 1.82) is 0 Å². The first-order chi connectivity index (χ1) is 10.9. The first-order valence-corrected chi connectivity index (χ1v) is 6.99. The number of aromatic hydroxyl groups is 4. The van der Waals surface area contributed by atoms with Crippen LogP contribution in [0.1, 0.15) is 22.8 Å². The lowest BCUT2D eigenvalue weighted by Gasteiger charge is -2.32. The molecule has 3 rings (SSSR count). The molecule has 0 bridgehead atoms. The van der Waals surface area contributed by atoms with Gasteiger partial charge >= 0.3 is 0 Å². The Morgan fingerprint density at radius 1 is 1.00 bits per heavy atom. The van der Waals surface area contributed by atoms with Crippen LogP contribution in [-0.4, -0.2) is 31.6 Å². The third-order valence-electron chi connectivity index (χ3n) is 3.92. The maximum absolute atomic E-state index is 10.3. The van der Waals surface area contributed by atoms with Crippen LogP contribution in [0.25, 0.3) is 6.08 Å². The van der Waals surface area contributed by atoms with E-state index < -0.39 is 12.2 Å². The number of hydrogen-bond acceptors (Lipinski definition) is 6. The zero-order chi connectivity index (χ0) is 16.7. The summed E-state index contributed by atoms with van der Waals surface area (Å²) in [4.78, 5) is 0. The van der Waals surface area contributed by atoms with Gasteiger partial charge in [0.2, 0.25) is 0 Å². The minimum absolute atomic E-state index is 0.106. The molecule has 2 unspecified atom stereocenters. The van der Waals surface area contributed by atoms with Crippen LogP contribution in [0.4, 0.5) is 0 Å². The minimum atomic E-state index is -0.973. The molecule has 2 aromatic carbocycles. The number of aliphatic hydroxyl groups excluding tert-OH is 1. The lowest BCUT2D eigenvalue weighted by Crippen LogP contribution is -2.30. The van der Waals surface area contributed by atoms with Crippen LogP contribution >= 0.6 is 0 Å². The molecule has 0 spiro atoms. The number of ether oxygens (including phenoxy) is 1. The fourth-order valence-corrected chi connectivity index (χ4v) is 2.75. The quantitative estimate of drug-likeness (QED) is 0.543. The summed E-state index contributed by atoms with van der Waals surface area (Å²) in [7, 11) is 0. The normalized spacial score (nSPS) is 19.7. The van der Waals surface area contributed by atoms with Gasteiger partial charge in [0.1, 0.15) is 23.4 Å². The van der Waals surface area contributed by atoms with Crippen molar-refractivity contribution in [3.05, 3.63) is 47.5 Å². The van der Waals surface area contributed by atoms with Crippen LogP contribution in [-0.2, 0) is 6.42 Å². The van der Waals surface area contributed by atoms with E-state index in [-0.39, 0.29) is 35.2 Å². The molecule has 23 heavy (non-hydrogen) atoms. The zero-order valence-corrected chi connectivity index (χ0v) is 12.1. The lowest BCUT2D eigenvalue weighted by molar-refractivity contribution is 0.0195. The van der Waals surface area contributed by atoms with Gasteiger partial charge in [-0.25, -0.2) is 0 Å². The maximum atomic E-state index is 10.3. The number of fused-ring (bicyclic) bond motifs is 1. The minimum Gasteiger partial charge on any atom is -0.507 e. The highest BCUT2D eigenvalue weighted by Gasteiger charge is 2.34. The fourth-order valence-electron chi connectivity index (χ4n) is 2.75. The van der Waals surface area contributed by atoms with Crippen LogP contribution in [0, 0.1) is 0 Å². The third kappa shape index (κ3) is 2.43. The standard InChI is InChI=1S/C17H16O6/c1-2-9-12(19)7-13(20)10-6-15(22)16(23-17(9)10)8-3-4-11(18)14(21)5-8/h2-5,7,15-16,18-22H,1,6H2. The van der Waals surface area contributed by atoms with Gasteiger partial charge in [-0.2, -0.15) is 0 Å². The van der Waals surface area contributed by atoms with Crippen LogP contribution < -0.4 is 4.74 Å². The summed E-state index contributed by atoms with van der Waals surface area (Å²) in [6.07, 6.45) is -0.293. The number of benzene rings is 2. The molecule has 0 radical (unpaired) electrons. The number of phenols is 4. The highest BCUT2D eigenvalue weighted by Crippen LogP contribution is 2.46. The lowest BCUT2D eigenvalue weighted by atomic mass is 9.92. The predicted octanol–water partition coefficient (Wildman–Crippen LogP) is 2.19. The molecule has 6 nitrogen and oxygen atoms in total. The summed E-state index contributed by atoms with van der Waals surface area (Å²) in [5.41, 5.74) is 1.15. The van der Waals surface area contributed by atoms with E-state index in [1.54, 1.807) is 0 Å². The zero-order valence-electron chi connectivity index (χ0n) is 12.1. The van der Waals surface area contributed by atoms with E-state index in [1.807, 2.05) is 0 Å². The van der Waals surface area contributed by atoms with Gasteiger partial charge in [-0.3, -0.25) is 0 Å². The SMILES string of the molecule is C=Cc1c(O)cc(O)c2c1OC(c1ccc(O)c(O)c1)C(O)C2. The fraction of sp³-hybridized carbons (Fsp3) is 0.176. The second kappa shape index (κ2) is 5.40. The number of rotatable bonds is 2. The Labute approximate surface area is 132 Å². The second-order valence-electron chi connectivity index (χ2n) is 5.40. The summed E-state index contributed by atoms with van der Waals surface area (Å²) < 4.78 is 5.77. The Balaban J connectivity index is 2.09. The maximum Gasteiger partial charge on any atom is 0.157 e. The van der Waals surface area contributed by atoms with E-state index in [9.17, 15) is 25.5 Å². The molecular formula is C17H16O6. The van der Waals surface area contributed by atoms with Crippen LogP contribution in [0.5, 0.6) is 28.7 Å². The summed E-state index contributed by atoms with van der Waals surface area (Å²) in [6, 6.07) is 5.29. The molecule has 0 saturated carbocycles. The van der Waals surface area contributed by atoms with Gasteiger partial charge in [0.05, 0.1) is 11.7 Å². The highest BCUT2D eigenvalue weighted by molar-refractivity contribution is 5.69. The Morgan fingerprint density at radius 3 is 2.39 bits per heavy atom. The van der Waals surface area contributed by atoms with E-state index in [0.717, 1.165) is 0 Å². The molecule has 2 aromatic rings. The molecule has 1 aliphatic heterocycles. The van der Waals surface area contributed by atoms with Gasteiger partial charge < -0.3 is 30.3 Å². The topological polar surface area (TPSA) is 110 Å². The summed E-state index contributed by atoms with van der Waals surface area (Å²) in [5, 5.41) is 49.2. The Kier molecular flexibility index (Phi) is 3.54. The van der Waals surface area contributed by atoms with Gasteiger partial charge in [0.15, 0.2) is 11.5 Å². The average Bonchev–Trinajstić information content (AvgIpc) is 2.51. The third-order valence-corrected chi connectivity index (χ3v) is 3.92. The molecule has 0 fully saturated rings. The molecule has 0 aliphatic carbocycles. The molecule has 1 aliphatic rings. The van der Waals surface area contributed by atoms with E-state index in [1.165, 1.54) is 30.3 Å². The molecule has 120 valence electrons. The van der Waals surface area contributed by atoms with Gasteiger partial charge in [0, 0.05) is 18.1 Å². The van der Waals surface area contributed by atoms with Crippen molar-refractivity contribution >= 4 is 6.08 Å². The summed E-state index contributed by atoms with van der Waals surface area (Å²) in [5.74, 6) is -0.720. The van der Waals surface area contributed by atoms with Crippen LogP contribution in [0.2, 0.25) is 0 Å². The predicted molar refractivity (Wildman–Crippen MR) is 82.7 cm³/mol. The Morgan fingerprint density at radius 2 is 1.74 bits per heavy atom. The monoisotopic (exact) mass is 316 g/mol. The van der Waals surface area contributed by atoms with E-state index in [4.69, 9.17) is 4.74 Å². The van der Waals surface area contributed by atoms with Crippen LogP contribution in [0.3, 0.4) is 0 Å². The molecule has 5 N–H and O–H groups in total. The highest BCUT2D eigenvalue weighted by atomic mass is 16.5. The van der Waals surface area contributed by atoms with E-state index in [2.05, 4.69) is 6.58 Å². The largest absolute Gasteiger partial charge is 0.507 e. The summed E-state index contributed by atoms with van der Waals surface area (Å²) in [6.45, 7) is 3.61. The second-order valence-corrected chi connectivity index (χ2v) is 5.40.